The maximum Gasteiger partial charge on any atom is 0.257 e. The van der Waals surface area contributed by atoms with Crippen molar-refractivity contribution < 1.29 is 19.1 Å². The van der Waals surface area contributed by atoms with E-state index in [1.165, 1.54) is 11.3 Å². The molecule has 12 nitrogen and oxygen atoms in total. The second-order valence-electron chi connectivity index (χ2n) is 10.6. The summed E-state index contributed by atoms with van der Waals surface area (Å²) in [5, 5.41) is 16.0. The van der Waals surface area contributed by atoms with Crippen molar-refractivity contribution in [3.8, 4) is 29.5 Å². The number of rotatable bonds is 13. The number of carbonyl (C=O) groups excluding carboxylic acids is 3. The van der Waals surface area contributed by atoms with Crippen molar-refractivity contribution in [3.63, 3.8) is 0 Å². The van der Waals surface area contributed by atoms with Crippen molar-refractivity contribution >= 4 is 34.2 Å². The Bertz CT molecular complexity index is 1550. The summed E-state index contributed by atoms with van der Waals surface area (Å²) in [4.78, 5) is 51.8. The smallest absolute Gasteiger partial charge is 0.257 e. The largest absolute Gasteiger partial charge is 0.492 e. The van der Waals surface area contributed by atoms with E-state index in [-0.39, 0.29) is 37.0 Å². The molecule has 3 amide bonds. The first-order chi connectivity index (χ1) is 21.3. The molecule has 2 aliphatic rings. The molecule has 0 bridgehead atoms. The van der Waals surface area contributed by atoms with Crippen molar-refractivity contribution in [2.45, 2.75) is 31.3 Å². The average Bonchev–Trinajstić information content (AvgIpc) is 3.67. The van der Waals surface area contributed by atoms with Crippen LogP contribution in [0.2, 0.25) is 0 Å². The standard InChI is InChI=1S/C31H34N8O4S/c1-3-4-9-31(36-37-31)10-8-27(40)33-12-17-43-24-19-22(18-23(20-24)29(42)39-15-13-38(2)14-16-39)28(41)35-30-34-26(21-44-30)25-7-5-6-11-32-25/h1,5-7,11,18-21H,4,8-10,12-17H2,2H3,(H,33,40)(H,34,35,41). The van der Waals surface area contributed by atoms with Crippen LogP contribution < -0.4 is 15.4 Å². The van der Waals surface area contributed by atoms with Gasteiger partial charge >= 0.3 is 0 Å². The normalized spacial score (nSPS) is 15.3. The predicted molar refractivity (Wildman–Crippen MR) is 167 cm³/mol. The monoisotopic (exact) mass is 614 g/mol. The van der Waals surface area contributed by atoms with Crippen LogP contribution in [0.1, 0.15) is 46.4 Å². The molecule has 0 aliphatic carbocycles. The lowest BCUT2D eigenvalue weighted by atomic mass is 10.0. The first-order valence-corrected chi connectivity index (χ1v) is 15.3. The highest BCUT2D eigenvalue weighted by atomic mass is 32.1. The van der Waals surface area contributed by atoms with E-state index in [9.17, 15) is 14.4 Å². The number of ether oxygens (including phenoxy) is 1. The number of likely N-dealkylation sites (N-methyl/N-ethyl adjacent to an activating group) is 1. The lowest BCUT2D eigenvalue weighted by Crippen LogP contribution is -2.47. The Hall–Kier alpha value is -4.67. The number of aromatic nitrogens is 2. The molecule has 5 rings (SSSR count). The maximum absolute atomic E-state index is 13.4. The van der Waals surface area contributed by atoms with E-state index >= 15 is 0 Å². The molecular weight excluding hydrogens is 580 g/mol. The van der Waals surface area contributed by atoms with Crippen molar-refractivity contribution in [3.05, 3.63) is 59.1 Å². The number of thiazole rings is 1. The molecule has 0 unspecified atom stereocenters. The second kappa shape index (κ2) is 14.2. The van der Waals surface area contributed by atoms with E-state index in [2.05, 4.69) is 41.7 Å². The number of carbonyl (C=O) groups is 3. The zero-order valence-electron chi connectivity index (χ0n) is 24.5. The number of hydrogen-bond donors (Lipinski definition) is 2. The quantitative estimate of drug-likeness (QED) is 0.221. The fourth-order valence-corrected chi connectivity index (χ4v) is 5.39. The second-order valence-corrected chi connectivity index (χ2v) is 11.5. The Balaban J connectivity index is 1.22. The number of terminal acetylenes is 1. The fourth-order valence-electron chi connectivity index (χ4n) is 4.69. The van der Waals surface area contributed by atoms with E-state index in [0.29, 0.717) is 60.2 Å². The lowest BCUT2D eigenvalue weighted by Gasteiger charge is -2.32. The molecule has 44 heavy (non-hydrogen) atoms. The highest BCUT2D eigenvalue weighted by Gasteiger charge is 2.39. The molecule has 2 aliphatic heterocycles. The predicted octanol–water partition coefficient (Wildman–Crippen LogP) is 3.70. The van der Waals surface area contributed by atoms with Crippen LogP contribution in [0.15, 0.2) is 58.2 Å². The van der Waals surface area contributed by atoms with Crippen molar-refractivity contribution in [2.75, 3.05) is 51.7 Å². The van der Waals surface area contributed by atoms with Crippen molar-refractivity contribution in [1.29, 1.82) is 0 Å². The molecule has 13 heteroatoms. The van der Waals surface area contributed by atoms with E-state index < -0.39 is 11.6 Å². The molecule has 0 radical (unpaired) electrons. The highest BCUT2D eigenvalue weighted by Crippen LogP contribution is 2.37. The first kappa shape index (κ1) is 30.8. The molecule has 3 aromatic rings. The summed E-state index contributed by atoms with van der Waals surface area (Å²) in [5.41, 5.74) is 1.45. The van der Waals surface area contributed by atoms with Gasteiger partial charge < -0.3 is 19.9 Å². The van der Waals surface area contributed by atoms with Gasteiger partial charge in [-0.25, -0.2) is 4.98 Å². The van der Waals surface area contributed by atoms with Crippen molar-refractivity contribution in [1.82, 2.24) is 25.1 Å². The van der Waals surface area contributed by atoms with Crippen LogP contribution in [0.3, 0.4) is 0 Å². The van der Waals surface area contributed by atoms with Gasteiger partial charge in [0.05, 0.1) is 12.2 Å². The maximum atomic E-state index is 13.4. The zero-order valence-corrected chi connectivity index (χ0v) is 25.3. The van der Waals surface area contributed by atoms with Gasteiger partial charge in [-0.15, -0.1) is 23.7 Å². The van der Waals surface area contributed by atoms with Crippen LogP contribution in [-0.2, 0) is 4.79 Å². The number of amides is 3. The highest BCUT2D eigenvalue weighted by molar-refractivity contribution is 7.14. The zero-order chi connectivity index (χ0) is 30.9. The van der Waals surface area contributed by atoms with Crippen molar-refractivity contribution in [2.24, 2.45) is 10.2 Å². The molecule has 2 aromatic heterocycles. The Labute approximate surface area is 259 Å². The molecule has 2 N–H and O–H groups in total. The van der Waals surface area contributed by atoms with Gasteiger partial charge in [-0.3, -0.25) is 24.7 Å². The SMILES string of the molecule is C#CCCC1(CCC(=O)NCCOc2cc(C(=O)Nc3nc(-c4ccccn4)cs3)cc(C(=O)N3CCN(C)CC3)c2)N=N1. The minimum atomic E-state index is -0.507. The van der Waals surface area contributed by atoms with Crippen LogP contribution in [0, 0.1) is 12.3 Å². The Morgan fingerprint density at radius 3 is 2.59 bits per heavy atom. The van der Waals surface area contributed by atoms with Crippen LogP contribution >= 0.6 is 11.3 Å². The molecule has 0 spiro atoms. The van der Waals surface area contributed by atoms with Crippen LogP contribution in [-0.4, -0.2) is 89.5 Å². The van der Waals surface area contributed by atoms with Gasteiger partial charge in [-0.05, 0) is 37.4 Å². The van der Waals surface area contributed by atoms with Gasteiger partial charge in [0.25, 0.3) is 11.8 Å². The summed E-state index contributed by atoms with van der Waals surface area (Å²) in [6, 6.07) is 10.3. The Kier molecular flexibility index (Phi) is 9.93. The molecule has 0 atom stereocenters. The summed E-state index contributed by atoms with van der Waals surface area (Å²) in [6.07, 6.45) is 9.00. The molecule has 0 saturated carbocycles. The number of hydrogen-bond acceptors (Lipinski definition) is 10. The Morgan fingerprint density at radius 2 is 1.86 bits per heavy atom. The van der Waals surface area contributed by atoms with Gasteiger partial charge in [0.2, 0.25) is 5.91 Å². The Morgan fingerprint density at radius 1 is 1.07 bits per heavy atom. The van der Waals surface area contributed by atoms with E-state index in [0.717, 1.165) is 13.1 Å². The van der Waals surface area contributed by atoms with Gasteiger partial charge in [0, 0.05) is 74.6 Å². The van der Waals surface area contributed by atoms with Gasteiger partial charge in [-0.2, -0.15) is 10.2 Å². The summed E-state index contributed by atoms with van der Waals surface area (Å²) < 4.78 is 5.91. The number of benzene rings is 1. The number of piperazine rings is 1. The van der Waals surface area contributed by atoms with Crippen LogP contribution in [0.25, 0.3) is 11.4 Å². The third kappa shape index (κ3) is 8.24. The van der Waals surface area contributed by atoms with E-state index in [1.54, 1.807) is 29.3 Å². The van der Waals surface area contributed by atoms with Gasteiger partial charge in [0.1, 0.15) is 18.1 Å². The summed E-state index contributed by atoms with van der Waals surface area (Å²) >= 11 is 1.28. The third-order valence-electron chi connectivity index (χ3n) is 7.36. The van der Waals surface area contributed by atoms with E-state index in [1.807, 2.05) is 30.6 Å². The molecule has 1 aromatic carbocycles. The molecular formula is C31H34N8O4S. The number of nitrogens with one attached hydrogen (secondary N) is 2. The summed E-state index contributed by atoms with van der Waals surface area (Å²) in [7, 11) is 2.02. The first-order valence-electron chi connectivity index (χ1n) is 14.4. The molecule has 4 heterocycles. The van der Waals surface area contributed by atoms with Gasteiger partial charge in [0.15, 0.2) is 10.8 Å². The van der Waals surface area contributed by atoms with Gasteiger partial charge in [-0.1, -0.05) is 6.07 Å². The topological polar surface area (TPSA) is 141 Å². The minimum Gasteiger partial charge on any atom is -0.492 e. The van der Waals surface area contributed by atoms with Crippen LogP contribution in [0.5, 0.6) is 5.75 Å². The molecule has 228 valence electrons. The average molecular weight is 615 g/mol. The number of anilines is 1. The lowest BCUT2D eigenvalue weighted by molar-refractivity contribution is -0.121. The summed E-state index contributed by atoms with van der Waals surface area (Å²) in [6.45, 7) is 3.12. The number of nitrogens with zero attached hydrogens (tertiary/aromatic N) is 6. The molecule has 1 saturated heterocycles. The summed E-state index contributed by atoms with van der Waals surface area (Å²) in [5.74, 6) is 2.19. The third-order valence-corrected chi connectivity index (χ3v) is 8.11. The minimum absolute atomic E-state index is 0.140. The van der Waals surface area contributed by atoms with E-state index in [4.69, 9.17) is 11.2 Å². The van der Waals surface area contributed by atoms with Crippen LogP contribution in [0.4, 0.5) is 5.13 Å². The molecule has 1 fully saturated rings. The number of pyridine rings is 1. The fraction of sp³-hybridized carbons (Fsp3) is 0.387.